The first-order valence-corrected chi connectivity index (χ1v) is 8.87. The van der Waals surface area contributed by atoms with E-state index < -0.39 is 0 Å². The maximum atomic E-state index is 6.24. The third kappa shape index (κ3) is 2.54. The van der Waals surface area contributed by atoms with Gasteiger partial charge in [-0.2, -0.15) is 11.8 Å². The van der Waals surface area contributed by atoms with E-state index in [1.54, 1.807) is 11.3 Å². The van der Waals surface area contributed by atoms with Crippen LogP contribution in [0.15, 0.2) is 17.6 Å². The van der Waals surface area contributed by atoms with Gasteiger partial charge in [0.1, 0.15) is 5.52 Å². The van der Waals surface area contributed by atoms with Gasteiger partial charge in [0.25, 0.3) is 0 Å². The van der Waals surface area contributed by atoms with Gasteiger partial charge >= 0.3 is 0 Å². The number of nitrogens with two attached hydrogens (primary N) is 1. The van der Waals surface area contributed by atoms with Gasteiger partial charge in [0, 0.05) is 11.3 Å². The molecule has 102 valence electrons. The molecule has 0 spiro atoms. The molecule has 0 aliphatic heterocycles. The fraction of sp³-hybridized carbons (Fsp3) is 0.500. The summed E-state index contributed by atoms with van der Waals surface area (Å²) in [6.45, 7) is 0. The van der Waals surface area contributed by atoms with Gasteiger partial charge in [0.05, 0.1) is 21.6 Å². The maximum Gasteiger partial charge on any atom is 0.106 e. The van der Waals surface area contributed by atoms with Crippen LogP contribution in [0, 0.1) is 0 Å². The van der Waals surface area contributed by atoms with E-state index in [9.17, 15) is 0 Å². The third-order valence-electron chi connectivity index (χ3n) is 3.89. The van der Waals surface area contributed by atoms with Gasteiger partial charge in [0.2, 0.25) is 0 Å². The lowest BCUT2D eigenvalue weighted by molar-refractivity contribution is 0.475. The molecule has 1 fully saturated rings. The van der Waals surface area contributed by atoms with Crippen molar-refractivity contribution >= 4 is 44.7 Å². The summed E-state index contributed by atoms with van der Waals surface area (Å²) in [5.74, 6) is 0. The summed E-state index contributed by atoms with van der Waals surface area (Å²) < 4.78 is 1.16. The van der Waals surface area contributed by atoms with E-state index in [0.29, 0.717) is 11.3 Å². The number of benzene rings is 1. The molecular weight excluding hydrogens is 274 g/mol. The summed E-state index contributed by atoms with van der Waals surface area (Å²) in [5, 5.41) is 4.34. The van der Waals surface area contributed by atoms with Crippen molar-refractivity contribution in [2.45, 2.75) is 37.0 Å². The second kappa shape index (κ2) is 5.59. The van der Waals surface area contributed by atoms with Gasteiger partial charge in [0.15, 0.2) is 0 Å². The molecule has 1 aliphatic carbocycles. The van der Waals surface area contributed by atoms with Crippen molar-refractivity contribution in [1.29, 1.82) is 0 Å². The lowest BCUT2D eigenvalue weighted by Gasteiger charge is -2.32. The predicted octanol–water partition coefficient (Wildman–Crippen LogP) is 3.96. The molecule has 1 aromatic carbocycles. The van der Waals surface area contributed by atoms with Crippen molar-refractivity contribution in [1.82, 2.24) is 4.98 Å². The molecule has 0 radical (unpaired) electrons. The van der Waals surface area contributed by atoms with Gasteiger partial charge in [-0.25, -0.2) is 4.98 Å². The average molecular weight is 293 g/mol. The first-order valence-electron chi connectivity index (χ1n) is 6.70. The Bertz CT molecular complexity index is 567. The number of nitrogen functional groups attached to an aromatic ring is 1. The van der Waals surface area contributed by atoms with Crippen molar-refractivity contribution in [3.63, 3.8) is 0 Å². The predicted molar refractivity (Wildman–Crippen MR) is 87.2 cm³/mol. The standard InChI is InChI=1S/C14H19N3S2/c1-18-11-5-3-2-4-9(11)17-10-6-7-12-14(13(10)15)16-8-19-12/h6-9,11,17H,2-5,15H2,1H3. The van der Waals surface area contributed by atoms with E-state index >= 15 is 0 Å². The van der Waals surface area contributed by atoms with Crippen LogP contribution in [0.4, 0.5) is 11.4 Å². The summed E-state index contributed by atoms with van der Waals surface area (Å²) >= 11 is 3.61. The molecule has 1 aliphatic rings. The quantitative estimate of drug-likeness (QED) is 0.841. The Morgan fingerprint density at radius 1 is 1.37 bits per heavy atom. The minimum atomic E-state index is 0.530. The molecule has 2 aromatic rings. The number of hydrogen-bond acceptors (Lipinski definition) is 5. The zero-order valence-corrected chi connectivity index (χ0v) is 12.7. The number of nitrogens with zero attached hydrogens (tertiary/aromatic N) is 1. The lowest BCUT2D eigenvalue weighted by atomic mass is 9.94. The minimum absolute atomic E-state index is 0.530. The number of thiazole rings is 1. The third-order valence-corrected chi connectivity index (χ3v) is 5.85. The molecule has 0 amide bonds. The first-order chi connectivity index (χ1) is 9.29. The van der Waals surface area contributed by atoms with Crippen LogP contribution in [0.25, 0.3) is 10.2 Å². The molecule has 5 heteroatoms. The molecule has 3 nitrogen and oxygen atoms in total. The molecule has 0 saturated heterocycles. The molecule has 2 atom stereocenters. The zero-order chi connectivity index (χ0) is 13.2. The van der Waals surface area contributed by atoms with Crippen LogP contribution in [0.1, 0.15) is 25.7 Å². The van der Waals surface area contributed by atoms with Crippen LogP contribution in [-0.2, 0) is 0 Å². The highest BCUT2D eigenvalue weighted by Gasteiger charge is 2.24. The number of aromatic nitrogens is 1. The van der Waals surface area contributed by atoms with Crippen LogP contribution < -0.4 is 11.1 Å². The largest absolute Gasteiger partial charge is 0.395 e. The normalized spacial score (nSPS) is 23.6. The average Bonchev–Trinajstić information content (AvgIpc) is 2.92. The number of fused-ring (bicyclic) bond motifs is 1. The zero-order valence-electron chi connectivity index (χ0n) is 11.1. The molecule has 0 bridgehead atoms. The van der Waals surface area contributed by atoms with Gasteiger partial charge in [-0.05, 0) is 31.2 Å². The molecule has 19 heavy (non-hydrogen) atoms. The summed E-state index contributed by atoms with van der Waals surface area (Å²) in [6.07, 6.45) is 7.41. The van der Waals surface area contributed by atoms with E-state index in [0.717, 1.165) is 21.6 Å². The Morgan fingerprint density at radius 3 is 3.05 bits per heavy atom. The molecule has 3 rings (SSSR count). The Labute approximate surface area is 122 Å². The van der Waals surface area contributed by atoms with Gasteiger partial charge in [-0.3, -0.25) is 0 Å². The Kier molecular flexibility index (Phi) is 3.84. The smallest absolute Gasteiger partial charge is 0.106 e. The molecule has 1 saturated carbocycles. The molecule has 2 unspecified atom stereocenters. The summed E-state index contributed by atoms with van der Waals surface area (Å²) in [5.41, 5.74) is 10.9. The molecule has 1 heterocycles. The number of hydrogen-bond donors (Lipinski definition) is 2. The fourth-order valence-corrected chi connectivity index (χ4v) is 4.45. The van der Waals surface area contributed by atoms with Crippen molar-refractivity contribution in [2.75, 3.05) is 17.3 Å². The van der Waals surface area contributed by atoms with Crippen molar-refractivity contribution in [2.24, 2.45) is 0 Å². The Balaban J connectivity index is 1.85. The van der Waals surface area contributed by atoms with Gasteiger partial charge in [-0.15, -0.1) is 11.3 Å². The second-order valence-electron chi connectivity index (χ2n) is 5.04. The fourth-order valence-electron chi connectivity index (χ4n) is 2.82. The number of anilines is 2. The lowest BCUT2D eigenvalue weighted by Crippen LogP contribution is -2.34. The SMILES string of the molecule is CSC1CCCCC1Nc1ccc2scnc2c1N. The Hall–Kier alpha value is -0.940. The van der Waals surface area contributed by atoms with E-state index in [4.69, 9.17) is 5.73 Å². The van der Waals surface area contributed by atoms with Gasteiger partial charge in [-0.1, -0.05) is 12.8 Å². The van der Waals surface area contributed by atoms with E-state index in [1.165, 1.54) is 25.7 Å². The molecular formula is C14H19N3S2. The summed E-state index contributed by atoms with van der Waals surface area (Å²) in [7, 11) is 0. The number of thioether (sulfide) groups is 1. The number of nitrogens with one attached hydrogen (secondary N) is 1. The summed E-state index contributed by atoms with van der Waals surface area (Å²) in [6, 6.07) is 4.74. The van der Waals surface area contributed by atoms with Gasteiger partial charge < -0.3 is 11.1 Å². The van der Waals surface area contributed by atoms with E-state index in [1.807, 2.05) is 17.3 Å². The highest BCUT2D eigenvalue weighted by molar-refractivity contribution is 7.99. The first kappa shape index (κ1) is 13.1. The van der Waals surface area contributed by atoms with Crippen LogP contribution in [0.3, 0.4) is 0 Å². The second-order valence-corrected chi connectivity index (χ2v) is 7.00. The maximum absolute atomic E-state index is 6.24. The highest BCUT2D eigenvalue weighted by atomic mass is 32.2. The van der Waals surface area contributed by atoms with Crippen LogP contribution in [-0.4, -0.2) is 22.5 Å². The van der Waals surface area contributed by atoms with Crippen molar-refractivity contribution in [3.8, 4) is 0 Å². The van der Waals surface area contributed by atoms with Crippen LogP contribution in [0.5, 0.6) is 0 Å². The minimum Gasteiger partial charge on any atom is -0.395 e. The molecule has 3 N–H and O–H groups in total. The van der Waals surface area contributed by atoms with E-state index in [2.05, 4.69) is 28.7 Å². The van der Waals surface area contributed by atoms with E-state index in [-0.39, 0.29) is 0 Å². The summed E-state index contributed by atoms with van der Waals surface area (Å²) in [4.78, 5) is 4.36. The van der Waals surface area contributed by atoms with Crippen LogP contribution in [0.2, 0.25) is 0 Å². The molecule has 1 aromatic heterocycles. The monoisotopic (exact) mass is 293 g/mol. The van der Waals surface area contributed by atoms with Crippen molar-refractivity contribution < 1.29 is 0 Å². The Morgan fingerprint density at radius 2 is 2.21 bits per heavy atom. The van der Waals surface area contributed by atoms with Crippen molar-refractivity contribution in [3.05, 3.63) is 17.6 Å². The highest BCUT2D eigenvalue weighted by Crippen LogP contribution is 2.34. The van der Waals surface area contributed by atoms with Crippen LogP contribution >= 0.6 is 23.1 Å². The topological polar surface area (TPSA) is 50.9 Å². The number of rotatable bonds is 3.